The summed E-state index contributed by atoms with van der Waals surface area (Å²) in [5.74, 6) is 1.20. The molecule has 4 heteroatoms. The first-order chi connectivity index (χ1) is 17.6. The van der Waals surface area contributed by atoms with Crippen LogP contribution in [0.15, 0.2) is 66.8 Å². The highest BCUT2D eigenvalue weighted by atomic mass is 16.1. The molecule has 0 aliphatic heterocycles. The van der Waals surface area contributed by atoms with Gasteiger partial charge in [0.2, 0.25) is 0 Å². The molecule has 1 amide bonds. The van der Waals surface area contributed by atoms with Gasteiger partial charge in [0, 0.05) is 24.6 Å². The second-order valence-corrected chi connectivity index (χ2v) is 9.14. The zero-order valence-corrected chi connectivity index (χ0v) is 25.9. The van der Waals surface area contributed by atoms with Crippen molar-refractivity contribution in [2.75, 3.05) is 12.4 Å². The minimum absolute atomic E-state index is 0.249. The predicted octanol–water partition coefficient (Wildman–Crippen LogP) is 9.55. The van der Waals surface area contributed by atoms with E-state index in [9.17, 15) is 4.79 Å². The van der Waals surface area contributed by atoms with E-state index >= 15 is 0 Å². The highest BCUT2D eigenvalue weighted by molar-refractivity contribution is 5.97. The van der Waals surface area contributed by atoms with Crippen LogP contribution < -0.4 is 10.6 Å². The number of anilines is 1. The third-order valence-corrected chi connectivity index (χ3v) is 6.28. The molecule has 0 bridgehead atoms. The fraction of sp³-hybridized carbons (Fsp3) is 0.545. The smallest absolute Gasteiger partial charge is 0.258 e. The van der Waals surface area contributed by atoms with Gasteiger partial charge in [-0.3, -0.25) is 4.79 Å². The fourth-order valence-electron chi connectivity index (χ4n) is 3.56. The molecule has 0 saturated heterocycles. The molecule has 0 heterocycles. The van der Waals surface area contributed by atoms with Crippen LogP contribution >= 0.6 is 0 Å². The maximum Gasteiger partial charge on any atom is 0.258 e. The number of allylic oxidation sites excluding steroid dienone is 2. The Morgan fingerprint density at radius 2 is 1.70 bits per heavy atom. The molecule has 210 valence electrons. The number of aryl methyl sites for hydroxylation is 1. The fourth-order valence-corrected chi connectivity index (χ4v) is 3.56. The zero-order chi connectivity index (χ0) is 29.0. The SMILES string of the molecule is C=C/C(=C\N(C)/C(C)=C\C)C(=O)NC(=C)Nc1ccc(CCCCCC)c(C(C)C(C)C)c1.CC.CC. The molecule has 1 rings (SSSR count). The van der Waals surface area contributed by atoms with Gasteiger partial charge in [0.05, 0.1) is 5.57 Å². The van der Waals surface area contributed by atoms with Crippen LogP contribution in [0, 0.1) is 5.92 Å². The molecule has 0 spiro atoms. The first-order valence-corrected chi connectivity index (χ1v) is 14.2. The molecular formula is C33H57N3O. The minimum Gasteiger partial charge on any atom is -0.354 e. The molecule has 1 aromatic carbocycles. The maximum atomic E-state index is 12.7. The number of unbranched alkanes of at least 4 members (excludes halogenated alkanes) is 3. The van der Waals surface area contributed by atoms with Crippen molar-refractivity contribution >= 4 is 11.6 Å². The monoisotopic (exact) mass is 511 g/mol. The Morgan fingerprint density at radius 1 is 1.08 bits per heavy atom. The van der Waals surface area contributed by atoms with Crippen molar-refractivity contribution < 1.29 is 4.79 Å². The molecule has 2 N–H and O–H groups in total. The van der Waals surface area contributed by atoms with Gasteiger partial charge in [0.1, 0.15) is 5.82 Å². The Labute approximate surface area is 230 Å². The topological polar surface area (TPSA) is 44.4 Å². The summed E-state index contributed by atoms with van der Waals surface area (Å²) in [6.07, 6.45) is 11.4. The van der Waals surface area contributed by atoms with Crippen LogP contribution in [0.25, 0.3) is 0 Å². The van der Waals surface area contributed by atoms with Crippen molar-refractivity contribution in [3.63, 3.8) is 0 Å². The lowest BCUT2D eigenvalue weighted by molar-refractivity contribution is -0.116. The van der Waals surface area contributed by atoms with Crippen molar-refractivity contribution in [3.8, 4) is 0 Å². The van der Waals surface area contributed by atoms with E-state index in [0.29, 0.717) is 23.2 Å². The zero-order valence-electron chi connectivity index (χ0n) is 25.9. The van der Waals surface area contributed by atoms with Gasteiger partial charge in [-0.05, 0) is 61.8 Å². The number of rotatable bonds is 14. The summed E-state index contributed by atoms with van der Waals surface area (Å²) in [7, 11) is 1.90. The van der Waals surface area contributed by atoms with Gasteiger partial charge in [-0.25, -0.2) is 0 Å². The summed E-state index contributed by atoms with van der Waals surface area (Å²) in [6.45, 7) is 28.8. The number of hydrogen-bond donors (Lipinski definition) is 2. The lowest BCUT2D eigenvalue weighted by Crippen LogP contribution is -2.28. The number of nitrogens with zero attached hydrogens (tertiary/aromatic N) is 1. The van der Waals surface area contributed by atoms with Crippen LogP contribution in [-0.2, 0) is 11.2 Å². The summed E-state index contributed by atoms with van der Waals surface area (Å²) in [5.41, 5.74) is 5.25. The average Bonchev–Trinajstić information content (AvgIpc) is 2.91. The molecule has 0 aliphatic rings. The van der Waals surface area contributed by atoms with Gasteiger partial charge < -0.3 is 15.5 Å². The third kappa shape index (κ3) is 13.9. The number of carbonyl (C=O) groups excluding carboxylic acids is 1. The van der Waals surface area contributed by atoms with Crippen LogP contribution in [0.5, 0.6) is 0 Å². The number of hydrogen-bond acceptors (Lipinski definition) is 3. The molecule has 0 saturated carbocycles. The van der Waals surface area contributed by atoms with Crippen molar-refractivity contribution in [1.82, 2.24) is 10.2 Å². The number of benzene rings is 1. The van der Waals surface area contributed by atoms with E-state index in [4.69, 9.17) is 0 Å². The number of amides is 1. The van der Waals surface area contributed by atoms with E-state index in [1.807, 2.05) is 59.6 Å². The first-order valence-electron chi connectivity index (χ1n) is 14.2. The predicted molar refractivity (Wildman–Crippen MR) is 167 cm³/mol. The molecule has 4 nitrogen and oxygen atoms in total. The molecule has 1 unspecified atom stereocenters. The van der Waals surface area contributed by atoms with Crippen molar-refractivity contribution in [1.29, 1.82) is 0 Å². The van der Waals surface area contributed by atoms with Crippen LogP contribution in [0.4, 0.5) is 5.69 Å². The number of nitrogens with one attached hydrogen (secondary N) is 2. The van der Waals surface area contributed by atoms with E-state index in [0.717, 1.165) is 17.8 Å². The van der Waals surface area contributed by atoms with Gasteiger partial charge in [-0.1, -0.05) is 106 Å². The first kappa shape index (κ1) is 36.4. The normalized spacial score (nSPS) is 11.9. The standard InChI is InChI=1S/C29H45N3O.2C2H6/c1-10-13-14-15-16-26-17-18-27(19-28(26)23(7)21(4)5)30-24(8)31-29(33)25(12-3)20-32(9)22(6)11-2;2*1-2/h11-12,17-21,23,30H,3,8,10,13-16H2,1-2,4-7,9H3,(H,31,33);2*1-2H3/b22-11-,25-20+;;. The molecule has 0 aliphatic carbocycles. The van der Waals surface area contributed by atoms with Crippen LogP contribution in [0.3, 0.4) is 0 Å². The summed E-state index contributed by atoms with van der Waals surface area (Å²) < 4.78 is 0. The van der Waals surface area contributed by atoms with E-state index < -0.39 is 0 Å². The molecular weight excluding hydrogens is 454 g/mol. The van der Waals surface area contributed by atoms with Gasteiger partial charge in [-0.2, -0.15) is 0 Å². The Kier molecular flexibility index (Phi) is 21.0. The molecule has 1 aromatic rings. The van der Waals surface area contributed by atoms with Gasteiger partial charge >= 0.3 is 0 Å². The average molecular weight is 512 g/mol. The second kappa shape index (κ2) is 21.3. The highest BCUT2D eigenvalue weighted by Gasteiger charge is 2.16. The Morgan fingerprint density at radius 3 is 2.22 bits per heavy atom. The van der Waals surface area contributed by atoms with Gasteiger partial charge in [0.25, 0.3) is 5.91 Å². The third-order valence-electron chi connectivity index (χ3n) is 6.28. The Balaban J connectivity index is 0. The van der Waals surface area contributed by atoms with E-state index in [1.54, 1.807) is 12.3 Å². The van der Waals surface area contributed by atoms with E-state index in [1.165, 1.54) is 36.8 Å². The maximum absolute atomic E-state index is 12.7. The van der Waals surface area contributed by atoms with Crippen molar-refractivity contribution in [3.05, 3.63) is 77.9 Å². The Bertz CT molecular complexity index is 864. The molecule has 0 radical (unpaired) electrons. The lowest BCUT2D eigenvalue weighted by atomic mass is 9.85. The van der Waals surface area contributed by atoms with E-state index in [-0.39, 0.29) is 5.91 Å². The minimum atomic E-state index is -0.249. The summed E-state index contributed by atoms with van der Waals surface area (Å²) >= 11 is 0. The van der Waals surface area contributed by atoms with Crippen LogP contribution in [-0.4, -0.2) is 17.9 Å². The molecule has 0 aromatic heterocycles. The van der Waals surface area contributed by atoms with E-state index in [2.05, 4.69) is 69.7 Å². The highest BCUT2D eigenvalue weighted by Crippen LogP contribution is 2.30. The Hall–Kier alpha value is -2.75. The van der Waals surface area contributed by atoms with Gasteiger partial charge in [0.15, 0.2) is 0 Å². The van der Waals surface area contributed by atoms with Crippen LogP contribution in [0.1, 0.15) is 112 Å². The number of carbonyl (C=O) groups is 1. The van der Waals surface area contributed by atoms with Crippen molar-refractivity contribution in [2.24, 2.45) is 5.92 Å². The molecule has 0 fully saturated rings. The lowest BCUT2D eigenvalue weighted by Gasteiger charge is -2.22. The largest absolute Gasteiger partial charge is 0.354 e. The molecule has 1 atom stereocenters. The molecule has 37 heavy (non-hydrogen) atoms. The summed E-state index contributed by atoms with van der Waals surface area (Å²) in [6, 6.07) is 6.52. The van der Waals surface area contributed by atoms with Crippen molar-refractivity contribution in [2.45, 2.75) is 107 Å². The quantitative estimate of drug-likeness (QED) is 0.148. The second-order valence-electron chi connectivity index (χ2n) is 9.14. The van der Waals surface area contributed by atoms with Gasteiger partial charge in [-0.15, -0.1) is 0 Å². The summed E-state index contributed by atoms with van der Waals surface area (Å²) in [5, 5.41) is 6.11. The van der Waals surface area contributed by atoms with Crippen LogP contribution in [0.2, 0.25) is 0 Å². The summed E-state index contributed by atoms with van der Waals surface area (Å²) in [4.78, 5) is 14.6.